The lowest BCUT2D eigenvalue weighted by atomic mass is 10.2. The fourth-order valence-corrected chi connectivity index (χ4v) is 4.02. The van der Waals surface area contributed by atoms with Crippen molar-refractivity contribution in [3.05, 3.63) is 71.8 Å². The average molecular weight is 414 g/mol. The zero-order valence-electron chi connectivity index (χ0n) is 15.4. The molecule has 1 aliphatic heterocycles. The first-order valence-corrected chi connectivity index (χ1v) is 10.0. The number of carbonyl (C=O) groups is 2. The van der Waals surface area contributed by atoms with Crippen LogP contribution in [0, 0.1) is 6.92 Å². The third kappa shape index (κ3) is 4.82. The highest BCUT2D eigenvalue weighted by Gasteiger charge is 2.38. The van der Waals surface area contributed by atoms with Crippen molar-refractivity contribution in [2.45, 2.75) is 18.6 Å². The van der Waals surface area contributed by atoms with Gasteiger partial charge in [0.15, 0.2) is 5.17 Å². The van der Waals surface area contributed by atoms with Gasteiger partial charge in [-0.3, -0.25) is 14.5 Å². The molecule has 0 saturated carbocycles. The number of halogens is 1. The number of nitrogens with zero attached hydrogens (tertiary/aromatic N) is 2. The molecule has 2 aromatic carbocycles. The van der Waals surface area contributed by atoms with E-state index >= 15 is 0 Å². The summed E-state index contributed by atoms with van der Waals surface area (Å²) in [6.45, 7) is 5.97. The monoisotopic (exact) mass is 413 g/mol. The van der Waals surface area contributed by atoms with Gasteiger partial charge in [0, 0.05) is 23.7 Å². The van der Waals surface area contributed by atoms with Crippen LogP contribution in [0.25, 0.3) is 0 Å². The smallest absolute Gasteiger partial charge is 0.242 e. The van der Waals surface area contributed by atoms with E-state index in [9.17, 15) is 9.59 Å². The quantitative estimate of drug-likeness (QED) is 0.692. The van der Waals surface area contributed by atoms with E-state index in [1.165, 1.54) is 11.8 Å². The summed E-state index contributed by atoms with van der Waals surface area (Å²) >= 11 is 7.21. The number of hydrogen-bond donors (Lipinski definition) is 1. The molecule has 1 heterocycles. The Balaban J connectivity index is 1.74. The first-order chi connectivity index (χ1) is 13.5. The number of para-hydroxylation sites is 1. The summed E-state index contributed by atoms with van der Waals surface area (Å²) in [6, 6.07) is 14.6. The number of thioether (sulfide) groups is 1. The Hall–Kier alpha value is -2.57. The Labute approximate surface area is 173 Å². The van der Waals surface area contributed by atoms with Crippen LogP contribution in [-0.4, -0.2) is 33.7 Å². The molecular formula is C21H20ClN3O2S. The molecule has 144 valence electrons. The van der Waals surface area contributed by atoms with Gasteiger partial charge in [0.25, 0.3) is 0 Å². The van der Waals surface area contributed by atoms with Crippen LogP contribution in [0.2, 0.25) is 5.02 Å². The molecule has 1 fully saturated rings. The van der Waals surface area contributed by atoms with Crippen LogP contribution in [0.3, 0.4) is 0 Å². The fraction of sp³-hybridized carbons (Fsp3) is 0.190. The molecule has 1 aliphatic rings. The van der Waals surface area contributed by atoms with Crippen molar-refractivity contribution in [1.29, 1.82) is 0 Å². The van der Waals surface area contributed by atoms with Crippen molar-refractivity contribution in [2.75, 3.05) is 11.9 Å². The maximum absolute atomic E-state index is 12.8. The van der Waals surface area contributed by atoms with E-state index in [4.69, 9.17) is 11.6 Å². The molecular weight excluding hydrogens is 394 g/mol. The summed E-state index contributed by atoms with van der Waals surface area (Å²) in [5, 5.41) is 3.53. The van der Waals surface area contributed by atoms with Gasteiger partial charge in [-0.25, -0.2) is 4.99 Å². The number of carbonyl (C=O) groups excluding carboxylic acids is 2. The second-order valence-corrected chi connectivity index (χ2v) is 7.89. The van der Waals surface area contributed by atoms with Gasteiger partial charge in [0.05, 0.1) is 5.69 Å². The molecule has 1 atom stereocenters. The van der Waals surface area contributed by atoms with Gasteiger partial charge in [-0.1, -0.05) is 47.6 Å². The molecule has 5 nitrogen and oxygen atoms in total. The van der Waals surface area contributed by atoms with Gasteiger partial charge in [0.2, 0.25) is 11.8 Å². The Bertz CT molecular complexity index is 928. The van der Waals surface area contributed by atoms with Crippen LogP contribution < -0.4 is 5.32 Å². The van der Waals surface area contributed by atoms with Crippen molar-refractivity contribution in [1.82, 2.24) is 4.90 Å². The number of amidine groups is 1. The largest absolute Gasteiger partial charge is 0.326 e. The second-order valence-electron chi connectivity index (χ2n) is 6.28. The average Bonchev–Trinajstić information content (AvgIpc) is 2.94. The summed E-state index contributed by atoms with van der Waals surface area (Å²) in [5.74, 6) is -0.344. The molecule has 28 heavy (non-hydrogen) atoms. The summed E-state index contributed by atoms with van der Waals surface area (Å²) < 4.78 is 0. The topological polar surface area (TPSA) is 61.8 Å². The minimum atomic E-state index is -0.519. The van der Waals surface area contributed by atoms with Crippen molar-refractivity contribution < 1.29 is 9.59 Å². The van der Waals surface area contributed by atoms with Gasteiger partial charge in [0.1, 0.15) is 5.25 Å². The third-order valence-electron chi connectivity index (χ3n) is 4.17. The SMILES string of the molecule is C=CCN1C(=O)[C@H](CC(=O)Nc2ccccc2C)SC1=Nc1ccc(Cl)cc1. The van der Waals surface area contributed by atoms with E-state index in [2.05, 4.69) is 16.9 Å². The van der Waals surface area contributed by atoms with Crippen LogP contribution in [0.5, 0.6) is 0 Å². The number of amides is 2. The van der Waals surface area contributed by atoms with Gasteiger partial charge in [-0.05, 0) is 42.8 Å². The molecule has 0 bridgehead atoms. The molecule has 0 spiro atoms. The predicted molar refractivity (Wildman–Crippen MR) is 116 cm³/mol. The van der Waals surface area contributed by atoms with Crippen LogP contribution in [0.15, 0.2) is 66.2 Å². The first-order valence-electron chi connectivity index (χ1n) is 8.76. The zero-order chi connectivity index (χ0) is 20.1. The number of hydrogen-bond acceptors (Lipinski definition) is 4. The lowest BCUT2D eigenvalue weighted by molar-refractivity contribution is -0.127. The molecule has 2 aromatic rings. The molecule has 0 aliphatic carbocycles. The Morgan fingerprint density at radius 2 is 2.00 bits per heavy atom. The van der Waals surface area contributed by atoms with Crippen LogP contribution in [-0.2, 0) is 9.59 Å². The van der Waals surface area contributed by atoms with Crippen molar-refractivity contribution >= 4 is 51.7 Å². The second kappa shape index (κ2) is 9.08. The molecule has 0 unspecified atom stereocenters. The highest BCUT2D eigenvalue weighted by Crippen LogP contribution is 2.32. The van der Waals surface area contributed by atoms with Crippen LogP contribution in [0.4, 0.5) is 11.4 Å². The van der Waals surface area contributed by atoms with Gasteiger partial charge in [-0.15, -0.1) is 6.58 Å². The standard InChI is InChI=1S/C21H20ClN3O2S/c1-3-12-25-20(27)18(13-19(26)24-17-7-5-4-6-14(17)2)28-21(25)23-16-10-8-15(22)9-11-16/h3-11,18H,1,12-13H2,2H3,(H,24,26)/t18-/m0/s1. The van der Waals surface area contributed by atoms with Crippen LogP contribution in [0.1, 0.15) is 12.0 Å². The Kier molecular flexibility index (Phi) is 6.54. The van der Waals surface area contributed by atoms with E-state index in [1.54, 1.807) is 35.2 Å². The highest BCUT2D eigenvalue weighted by molar-refractivity contribution is 8.15. The fourth-order valence-electron chi connectivity index (χ4n) is 2.73. The molecule has 0 radical (unpaired) electrons. The zero-order valence-corrected chi connectivity index (χ0v) is 17.0. The number of aryl methyl sites for hydroxylation is 1. The molecule has 0 aromatic heterocycles. The summed E-state index contributed by atoms with van der Waals surface area (Å²) in [4.78, 5) is 31.3. The minimum absolute atomic E-state index is 0.0745. The lowest BCUT2D eigenvalue weighted by Gasteiger charge is -2.14. The van der Waals surface area contributed by atoms with Crippen molar-refractivity contribution in [3.8, 4) is 0 Å². The molecule has 3 rings (SSSR count). The maximum Gasteiger partial charge on any atom is 0.242 e. The molecule has 7 heteroatoms. The number of nitrogens with one attached hydrogen (secondary N) is 1. The maximum atomic E-state index is 12.8. The van der Waals surface area contributed by atoms with E-state index in [0.29, 0.717) is 22.4 Å². The Morgan fingerprint density at radius 1 is 1.29 bits per heavy atom. The van der Waals surface area contributed by atoms with E-state index < -0.39 is 5.25 Å². The number of aliphatic imine (C=N–C) groups is 1. The van der Waals surface area contributed by atoms with E-state index in [0.717, 1.165) is 11.3 Å². The molecule has 1 N–H and O–H groups in total. The van der Waals surface area contributed by atoms with Gasteiger partial charge in [-0.2, -0.15) is 0 Å². The minimum Gasteiger partial charge on any atom is -0.326 e. The molecule has 2 amide bonds. The Morgan fingerprint density at radius 3 is 2.68 bits per heavy atom. The molecule has 1 saturated heterocycles. The number of rotatable bonds is 6. The lowest BCUT2D eigenvalue weighted by Crippen LogP contribution is -2.33. The van der Waals surface area contributed by atoms with Crippen molar-refractivity contribution in [3.63, 3.8) is 0 Å². The van der Waals surface area contributed by atoms with Crippen LogP contribution >= 0.6 is 23.4 Å². The van der Waals surface area contributed by atoms with E-state index in [-0.39, 0.29) is 18.2 Å². The highest BCUT2D eigenvalue weighted by atomic mass is 35.5. The number of anilines is 1. The first kappa shape index (κ1) is 20.2. The predicted octanol–water partition coefficient (Wildman–Crippen LogP) is 4.79. The van der Waals surface area contributed by atoms with E-state index in [1.807, 2.05) is 31.2 Å². The van der Waals surface area contributed by atoms with Crippen molar-refractivity contribution in [2.24, 2.45) is 4.99 Å². The summed E-state index contributed by atoms with van der Waals surface area (Å²) in [5.41, 5.74) is 2.42. The van der Waals surface area contributed by atoms with Gasteiger partial charge < -0.3 is 5.32 Å². The number of benzene rings is 2. The summed E-state index contributed by atoms with van der Waals surface area (Å²) in [6.07, 6.45) is 1.72. The normalized spacial score (nSPS) is 17.8. The third-order valence-corrected chi connectivity index (χ3v) is 5.60. The van der Waals surface area contributed by atoms with Gasteiger partial charge >= 0.3 is 0 Å². The summed E-state index contributed by atoms with van der Waals surface area (Å²) in [7, 11) is 0.